The van der Waals surface area contributed by atoms with Crippen LogP contribution in [0.3, 0.4) is 0 Å². The summed E-state index contributed by atoms with van der Waals surface area (Å²) in [6.45, 7) is 4.76. The third-order valence-electron chi connectivity index (χ3n) is 3.58. The molecule has 0 aliphatic carbocycles. The van der Waals surface area contributed by atoms with Crippen molar-refractivity contribution >= 4 is 11.6 Å². The first kappa shape index (κ1) is 15.1. The molecule has 2 rings (SSSR count). The van der Waals surface area contributed by atoms with Gasteiger partial charge in [-0.3, -0.25) is 4.90 Å². The molecule has 0 saturated heterocycles. The molecule has 2 N–H and O–H groups in total. The normalized spacial score (nSPS) is 14.5. The molecule has 20 heavy (non-hydrogen) atoms. The summed E-state index contributed by atoms with van der Waals surface area (Å²) in [6, 6.07) is 9.91. The maximum Gasteiger partial charge on any atom is 0.105 e. The molecule has 1 heterocycles. The molecule has 0 radical (unpaired) electrons. The van der Waals surface area contributed by atoms with Gasteiger partial charge in [0, 0.05) is 23.2 Å². The van der Waals surface area contributed by atoms with Crippen LogP contribution in [-0.2, 0) is 6.54 Å². The Morgan fingerprint density at radius 3 is 2.55 bits per heavy atom. The third kappa shape index (κ3) is 3.23. The summed E-state index contributed by atoms with van der Waals surface area (Å²) >= 11 is 6.32. The lowest BCUT2D eigenvalue weighted by atomic mass is 9.99. The van der Waals surface area contributed by atoms with Gasteiger partial charge in [0.25, 0.3) is 0 Å². The Morgan fingerprint density at radius 1 is 1.30 bits per heavy atom. The van der Waals surface area contributed by atoms with E-state index in [2.05, 4.69) is 11.9 Å². The van der Waals surface area contributed by atoms with E-state index in [1.807, 2.05) is 44.2 Å². The average Bonchev–Trinajstić information content (AvgIpc) is 2.77. The molecule has 2 atom stereocenters. The number of hydrogen-bond donors (Lipinski definition) is 1. The lowest BCUT2D eigenvalue weighted by Gasteiger charge is -2.32. The zero-order valence-electron chi connectivity index (χ0n) is 12.1. The lowest BCUT2D eigenvalue weighted by molar-refractivity contribution is 0.210. The molecule has 1 aromatic heterocycles. The van der Waals surface area contributed by atoms with Gasteiger partial charge in [-0.15, -0.1) is 0 Å². The van der Waals surface area contributed by atoms with E-state index in [4.69, 9.17) is 21.8 Å². The minimum Gasteiger partial charge on any atom is -0.469 e. The predicted molar refractivity (Wildman–Crippen MR) is 82.8 cm³/mol. The van der Waals surface area contributed by atoms with Crippen molar-refractivity contribution in [1.82, 2.24) is 4.90 Å². The van der Waals surface area contributed by atoms with Gasteiger partial charge in [0.1, 0.15) is 5.76 Å². The molecule has 4 heteroatoms. The van der Waals surface area contributed by atoms with E-state index in [-0.39, 0.29) is 12.1 Å². The van der Waals surface area contributed by atoms with Crippen LogP contribution in [0, 0.1) is 6.92 Å². The summed E-state index contributed by atoms with van der Waals surface area (Å²) in [7, 11) is 2.06. The number of nitrogens with zero attached hydrogens (tertiary/aromatic N) is 1. The first-order valence-electron chi connectivity index (χ1n) is 6.74. The molecule has 0 bridgehead atoms. The smallest absolute Gasteiger partial charge is 0.105 e. The van der Waals surface area contributed by atoms with E-state index in [0.29, 0.717) is 0 Å². The zero-order chi connectivity index (χ0) is 14.7. The zero-order valence-corrected chi connectivity index (χ0v) is 12.9. The molecule has 0 aliphatic heterocycles. The number of furan rings is 1. The quantitative estimate of drug-likeness (QED) is 0.912. The first-order chi connectivity index (χ1) is 9.50. The van der Waals surface area contributed by atoms with Crippen LogP contribution in [0.25, 0.3) is 0 Å². The van der Waals surface area contributed by atoms with Crippen molar-refractivity contribution in [2.75, 3.05) is 7.05 Å². The Hall–Kier alpha value is -1.29. The highest BCUT2D eigenvalue weighted by molar-refractivity contribution is 6.31. The van der Waals surface area contributed by atoms with Crippen LogP contribution >= 0.6 is 11.6 Å². The van der Waals surface area contributed by atoms with Crippen molar-refractivity contribution in [3.05, 3.63) is 58.5 Å². The van der Waals surface area contributed by atoms with E-state index in [0.717, 1.165) is 22.9 Å². The Kier molecular flexibility index (Phi) is 4.86. The fraction of sp³-hybridized carbons (Fsp3) is 0.375. The molecule has 0 fully saturated rings. The molecule has 3 nitrogen and oxygen atoms in total. The lowest BCUT2D eigenvalue weighted by Crippen LogP contribution is -2.37. The third-order valence-corrected chi connectivity index (χ3v) is 3.93. The van der Waals surface area contributed by atoms with Crippen LogP contribution in [-0.4, -0.2) is 18.0 Å². The first-order valence-corrected chi connectivity index (χ1v) is 7.11. The maximum absolute atomic E-state index is 6.32. The summed E-state index contributed by atoms with van der Waals surface area (Å²) < 4.78 is 5.35. The van der Waals surface area contributed by atoms with Gasteiger partial charge in [0.15, 0.2) is 0 Å². The SMILES string of the molecule is Cc1occc1CN(C)C(c1ccccc1Cl)C(C)N. The molecule has 1 aromatic carbocycles. The molecule has 0 saturated carbocycles. The molecular weight excluding hydrogens is 272 g/mol. The van der Waals surface area contributed by atoms with Gasteiger partial charge >= 0.3 is 0 Å². The summed E-state index contributed by atoms with van der Waals surface area (Å²) in [6.07, 6.45) is 1.72. The molecule has 2 aromatic rings. The molecule has 108 valence electrons. The monoisotopic (exact) mass is 292 g/mol. The minimum absolute atomic E-state index is 0.0212. The van der Waals surface area contributed by atoms with Crippen molar-refractivity contribution in [3.8, 4) is 0 Å². The van der Waals surface area contributed by atoms with Crippen molar-refractivity contribution < 1.29 is 4.42 Å². The summed E-state index contributed by atoms with van der Waals surface area (Å²) in [5.74, 6) is 0.944. The Bertz CT molecular complexity index is 565. The highest BCUT2D eigenvalue weighted by atomic mass is 35.5. The standard InChI is InChI=1S/C16H21ClN2O/c1-11(18)16(14-6-4-5-7-15(14)17)19(3)10-13-8-9-20-12(13)2/h4-9,11,16H,10,18H2,1-3H3. The summed E-state index contributed by atoms with van der Waals surface area (Å²) in [5, 5.41) is 0.755. The van der Waals surface area contributed by atoms with Crippen molar-refractivity contribution in [3.63, 3.8) is 0 Å². The predicted octanol–water partition coefficient (Wildman–Crippen LogP) is 3.76. The van der Waals surface area contributed by atoms with Crippen LogP contribution < -0.4 is 5.73 Å². The number of likely N-dealkylation sites (N-methyl/N-ethyl adjacent to an activating group) is 1. The number of rotatable bonds is 5. The van der Waals surface area contributed by atoms with Crippen LogP contribution in [0.1, 0.15) is 29.9 Å². The minimum atomic E-state index is -0.0212. The fourth-order valence-electron chi connectivity index (χ4n) is 2.58. The van der Waals surface area contributed by atoms with Gasteiger partial charge in [-0.1, -0.05) is 29.8 Å². The molecular formula is C16H21ClN2O. The van der Waals surface area contributed by atoms with Crippen LogP contribution in [0.5, 0.6) is 0 Å². The second-order valence-electron chi connectivity index (χ2n) is 5.24. The van der Waals surface area contributed by atoms with Gasteiger partial charge < -0.3 is 10.2 Å². The largest absolute Gasteiger partial charge is 0.469 e. The second-order valence-corrected chi connectivity index (χ2v) is 5.65. The highest BCUT2D eigenvalue weighted by Gasteiger charge is 2.23. The number of aryl methyl sites for hydroxylation is 1. The van der Waals surface area contributed by atoms with Gasteiger partial charge in [0.05, 0.1) is 12.3 Å². The van der Waals surface area contributed by atoms with Gasteiger partial charge in [-0.2, -0.15) is 0 Å². The number of benzene rings is 1. The molecule has 0 spiro atoms. The van der Waals surface area contributed by atoms with Gasteiger partial charge in [-0.25, -0.2) is 0 Å². The number of halogens is 1. The Labute approximate surface area is 125 Å². The van der Waals surface area contributed by atoms with Crippen molar-refractivity contribution in [2.45, 2.75) is 32.5 Å². The summed E-state index contributed by atoms with van der Waals surface area (Å²) in [4.78, 5) is 2.21. The number of hydrogen-bond acceptors (Lipinski definition) is 3. The van der Waals surface area contributed by atoms with Crippen LogP contribution in [0.2, 0.25) is 5.02 Å². The van der Waals surface area contributed by atoms with Crippen molar-refractivity contribution in [2.24, 2.45) is 5.73 Å². The molecule has 0 aliphatic rings. The molecule has 2 unspecified atom stereocenters. The average molecular weight is 293 g/mol. The Morgan fingerprint density at radius 2 is 2.00 bits per heavy atom. The van der Waals surface area contributed by atoms with E-state index < -0.39 is 0 Å². The fourth-order valence-corrected chi connectivity index (χ4v) is 2.83. The van der Waals surface area contributed by atoms with Crippen LogP contribution in [0.4, 0.5) is 0 Å². The molecule has 0 amide bonds. The van der Waals surface area contributed by atoms with Crippen molar-refractivity contribution in [1.29, 1.82) is 0 Å². The summed E-state index contributed by atoms with van der Waals surface area (Å²) in [5.41, 5.74) is 8.42. The highest BCUT2D eigenvalue weighted by Crippen LogP contribution is 2.30. The Balaban J connectivity index is 2.25. The van der Waals surface area contributed by atoms with E-state index in [1.54, 1.807) is 6.26 Å². The van der Waals surface area contributed by atoms with Gasteiger partial charge in [-0.05, 0) is 38.6 Å². The number of nitrogens with two attached hydrogens (primary N) is 1. The maximum atomic E-state index is 6.32. The second kappa shape index (κ2) is 6.44. The van der Waals surface area contributed by atoms with E-state index >= 15 is 0 Å². The van der Waals surface area contributed by atoms with E-state index in [1.165, 1.54) is 5.56 Å². The van der Waals surface area contributed by atoms with Crippen LogP contribution in [0.15, 0.2) is 41.0 Å². The van der Waals surface area contributed by atoms with Gasteiger partial charge in [0.2, 0.25) is 0 Å². The van der Waals surface area contributed by atoms with E-state index in [9.17, 15) is 0 Å². The topological polar surface area (TPSA) is 42.4 Å².